The van der Waals surface area contributed by atoms with Gasteiger partial charge in [0.2, 0.25) is 0 Å². The van der Waals surface area contributed by atoms with Crippen molar-refractivity contribution in [2.24, 2.45) is 16.1 Å². The highest BCUT2D eigenvalue weighted by Gasteiger charge is 2.41. The minimum absolute atomic E-state index is 0.445. The smallest absolute Gasteiger partial charge is 0.193 e. The highest BCUT2D eigenvalue weighted by Crippen LogP contribution is 2.49. The molecule has 1 fully saturated rings. The Labute approximate surface area is 115 Å². The SMILES string of the molecule is CCCC1(CN=C(N)Nc2ccc(OC)cc2)CC1. The number of ether oxygens (including phenoxy) is 1. The van der Waals surface area contributed by atoms with Crippen LogP contribution in [-0.2, 0) is 0 Å². The Morgan fingerprint density at radius 1 is 1.37 bits per heavy atom. The average molecular weight is 261 g/mol. The van der Waals surface area contributed by atoms with Crippen molar-refractivity contribution >= 4 is 11.6 Å². The second kappa shape index (κ2) is 5.95. The van der Waals surface area contributed by atoms with Gasteiger partial charge >= 0.3 is 0 Å². The quantitative estimate of drug-likeness (QED) is 0.611. The lowest BCUT2D eigenvalue weighted by atomic mass is 10.0. The number of anilines is 1. The van der Waals surface area contributed by atoms with E-state index in [9.17, 15) is 0 Å². The van der Waals surface area contributed by atoms with Crippen molar-refractivity contribution in [2.75, 3.05) is 19.0 Å². The summed E-state index contributed by atoms with van der Waals surface area (Å²) >= 11 is 0. The number of rotatable bonds is 6. The van der Waals surface area contributed by atoms with E-state index in [0.29, 0.717) is 11.4 Å². The largest absolute Gasteiger partial charge is 0.497 e. The molecule has 1 aromatic carbocycles. The van der Waals surface area contributed by atoms with Crippen LogP contribution in [0.3, 0.4) is 0 Å². The molecule has 0 amide bonds. The minimum Gasteiger partial charge on any atom is -0.497 e. The third kappa shape index (κ3) is 3.88. The molecule has 104 valence electrons. The van der Waals surface area contributed by atoms with E-state index in [1.807, 2.05) is 24.3 Å². The molecule has 0 saturated heterocycles. The van der Waals surface area contributed by atoms with Crippen molar-refractivity contribution in [2.45, 2.75) is 32.6 Å². The molecule has 1 saturated carbocycles. The van der Waals surface area contributed by atoms with Crippen LogP contribution in [0, 0.1) is 5.41 Å². The number of nitrogens with two attached hydrogens (primary N) is 1. The minimum atomic E-state index is 0.445. The number of methoxy groups -OCH3 is 1. The van der Waals surface area contributed by atoms with Gasteiger partial charge < -0.3 is 15.8 Å². The molecule has 4 heteroatoms. The zero-order chi connectivity index (χ0) is 13.7. The summed E-state index contributed by atoms with van der Waals surface area (Å²) in [5.41, 5.74) is 7.29. The zero-order valence-electron chi connectivity index (χ0n) is 11.8. The Hall–Kier alpha value is -1.71. The molecule has 0 bridgehead atoms. The van der Waals surface area contributed by atoms with Gasteiger partial charge in [-0.25, -0.2) is 0 Å². The monoisotopic (exact) mass is 261 g/mol. The summed E-state index contributed by atoms with van der Waals surface area (Å²) in [7, 11) is 1.65. The molecular formula is C15H23N3O. The third-order valence-electron chi connectivity index (χ3n) is 3.68. The van der Waals surface area contributed by atoms with Gasteiger partial charge in [0.25, 0.3) is 0 Å². The molecule has 0 radical (unpaired) electrons. The second-order valence-corrected chi connectivity index (χ2v) is 5.30. The van der Waals surface area contributed by atoms with Crippen LogP contribution < -0.4 is 15.8 Å². The van der Waals surface area contributed by atoms with Crippen LogP contribution in [0.1, 0.15) is 32.6 Å². The van der Waals surface area contributed by atoms with E-state index in [2.05, 4.69) is 17.2 Å². The van der Waals surface area contributed by atoms with Crippen molar-refractivity contribution in [1.82, 2.24) is 0 Å². The molecule has 0 atom stereocenters. The maximum absolute atomic E-state index is 5.92. The van der Waals surface area contributed by atoms with Crippen LogP contribution in [-0.4, -0.2) is 19.6 Å². The van der Waals surface area contributed by atoms with E-state index in [1.54, 1.807) is 7.11 Å². The van der Waals surface area contributed by atoms with Gasteiger partial charge in [0, 0.05) is 12.2 Å². The first kappa shape index (κ1) is 13.7. The average Bonchev–Trinajstić information content (AvgIpc) is 3.18. The summed E-state index contributed by atoms with van der Waals surface area (Å²) in [5, 5.41) is 3.11. The molecule has 1 aromatic rings. The Kier molecular flexibility index (Phi) is 4.30. The van der Waals surface area contributed by atoms with Gasteiger partial charge in [-0.05, 0) is 48.9 Å². The van der Waals surface area contributed by atoms with Crippen LogP contribution in [0.4, 0.5) is 5.69 Å². The van der Waals surface area contributed by atoms with E-state index in [-0.39, 0.29) is 0 Å². The predicted molar refractivity (Wildman–Crippen MR) is 79.7 cm³/mol. The maximum atomic E-state index is 5.92. The van der Waals surface area contributed by atoms with Gasteiger partial charge in [-0.2, -0.15) is 0 Å². The van der Waals surface area contributed by atoms with Crippen LogP contribution in [0.25, 0.3) is 0 Å². The fourth-order valence-corrected chi connectivity index (χ4v) is 2.31. The third-order valence-corrected chi connectivity index (χ3v) is 3.68. The topological polar surface area (TPSA) is 59.6 Å². The first-order valence-electron chi connectivity index (χ1n) is 6.88. The molecule has 19 heavy (non-hydrogen) atoms. The van der Waals surface area contributed by atoms with Crippen LogP contribution in [0.5, 0.6) is 5.75 Å². The zero-order valence-corrected chi connectivity index (χ0v) is 11.8. The van der Waals surface area contributed by atoms with Crippen LogP contribution in [0.15, 0.2) is 29.3 Å². The van der Waals surface area contributed by atoms with Crippen LogP contribution >= 0.6 is 0 Å². The van der Waals surface area contributed by atoms with E-state index < -0.39 is 0 Å². The number of nitrogens with zero attached hydrogens (tertiary/aromatic N) is 1. The number of guanidine groups is 1. The van der Waals surface area contributed by atoms with Gasteiger partial charge in [-0.15, -0.1) is 0 Å². The molecule has 0 aliphatic heterocycles. The second-order valence-electron chi connectivity index (χ2n) is 5.30. The molecule has 1 aliphatic carbocycles. The Morgan fingerprint density at radius 3 is 2.58 bits per heavy atom. The van der Waals surface area contributed by atoms with E-state index in [1.165, 1.54) is 25.7 Å². The molecule has 4 nitrogen and oxygen atoms in total. The fourth-order valence-electron chi connectivity index (χ4n) is 2.31. The number of hydrogen-bond acceptors (Lipinski definition) is 2. The van der Waals surface area contributed by atoms with Gasteiger partial charge in [-0.3, -0.25) is 4.99 Å². The van der Waals surface area contributed by atoms with Crippen molar-refractivity contribution in [3.63, 3.8) is 0 Å². The Bertz CT molecular complexity index is 435. The summed E-state index contributed by atoms with van der Waals surface area (Å²) in [6, 6.07) is 7.66. The molecule has 0 spiro atoms. The lowest BCUT2D eigenvalue weighted by Gasteiger charge is -2.12. The molecule has 2 rings (SSSR count). The van der Waals surface area contributed by atoms with Gasteiger partial charge in [-0.1, -0.05) is 13.3 Å². The molecule has 0 unspecified atom stereocenters. The number of nitrogens with one attached hydrogen (secondary N) is 1. The first-order chi connectivity index (χ1) is 9.17. The Balaban J connectivity index is 1.87. The van der Waals surface area contributed by atoms with Crippen molar-refractivity contribution in [3.8, 4) is 5.75 Å². The number of hydrogen-bond donors (Lipinski definition) is 2. The van der Waals surface area contributed by atoms with Gasteiger partial charge in [0.15, 0.2) is 5.96 Å². The molecule has 0 aromatic heterocycles. The summed E-state index contributed by atoms with van der Waals surface area (Å²) in [6.45, 7) is 3.07. The molecule has 3 N–H and O–H groups in total. The fraction of sp³-hybridized carbons (Fsp3) is 0.533. The standard InChI is InChI=1S/C15H23N3O/c1-3-8-15(9-10-15)11-17-14(16)18-12-4-6-13(19-2)7-5-12/h4-7H,3,8-11H2,1-2H3,(H3,16,17,18). The van der Waals surface area contributed by atoms with Crippen LogP contribution in [0.2, 0.25) is 0 Å². The normalized spacial score (nSPS) is 17.1. The lowest BCUT2D eigenvalue weighted by molar-refractivity contribution is 0.415. The molecule has 0 heterocycles. The van der Waals surface area contributed by atoms with Gasteiger partial charge in [0.1, 0.15) is 5.75 Å². The molecular weight excluding hydrogens is 238 g/mol. The highest BCUT2D eigenvalue weighted by atomic mass is 16.5. The van der Waals surface area contributed by atoms with Crippen molar-refractivity contribution in [3.05, 3.63) is 24.3 Å². The lowest BCUT2D eigenvalue weighted by Crippen LogP contribution is -2.24. The summed E-state index contributed by atoms with van der Waals surface area (Å²) in [6.07, 6.45) is 5.06. The van der Waals surface area contributed by atoms with E-state index in [4.69, 9.17) is 10.5 Å². The first-order valence-corrected chi connectivity index (χ1v) is 6.88. The highest BCUT2D eigenvalue weighted by molar-refractivity contribution is 5.92. The van der Waals surface area contributed by atoms with E-state index in [0.717, 1.165) is 18.0 Å². The summed E-state index contributed by atoms with van der Waals surface area (Å²) in [5.74, 6) is 1.33. The Morgan fingerprint density at radius 2 is 2.05 bits per heavy atom. The van der Waals surface area contributed by atoms with Crippen molar-refractivity contribution < 1.29 is 4.74 Å². The maximum Gasteiger partial charge on any atom is 0.193 e. The predicted octanol–water partition coefficient (Wildman–Crippen LogP) is 3.00. The van der Waals surface area contributed by atoms with Gasteiger partial charge in [0.05, 0.1) is 7.11 Å². The van der Waals surface area contributed by atoms with Crippen molar-refractivity contribution in [1.29, 1.82) is 0 Å². The summed E-state index contributed by atoms with van der Waals surface area (Å²) in [4.78, 5) is 4.47. The number of aliphatic imine (C=N–C) groups is 1. The molecule has 1 aliphatic rings. The summed E-state index contributed by atoms with van der Waals surface area (Å²) < 4.78 is 5.11. The van der Waals surface area contributed by atoms with E-state index >= 15 is 0 Å². The number of benzene rings is 1.